The first-order valence-corrected chi connectivity index (χ1v) is 8.62. The van der Waals surface area contributed by atoms with Crippen molar-refractivity contribution in [3.05, 3.63) is 11.3 Å². The molecule has 0 amide bonds. The number of ketones is 1. The van der Waals surface area contributed by atoms with Crippen molar-refractivity contribution in [2.45, 2.75) is 70.3 Å². The second-order valence-corrected chi connectivity index (χ2v) is 6.76. The van der Waals surface area contributed by atoms with Crippen LogP contribution in [0.15, 0.2) is 11.3 Å². The molecule has 1 N–H and O–H groups in total. The first-order chi connectivity index (χ1) is 10.7. The zero-order valence-electron chi connectivity index (χ0n) is 13.1. The van der Waals surface area contributed by atoms with Crippen LogP contribution < -0.4 is 0 Å². The molecule has 2 saturated carbocycles. The van der Waals surface area contributed by atoms with Crippen LogP contribution in [-0.4, -0.2) is 34.5 Å². The van der Waals surface area contributed by atoms with Crippen LogP contribution in [0.1, 0.15) is 64.2 Å². The highest BCUT2D eigenvalue weighted by Gasteiger charge is 2.38. The van der Waals surface area contributed by atoms with Gasteiger partial charge in [-0.3, -0.25) is 4.79 Å². The van der Waals surface area contributed by atoms with Crippen molar-refractivity contribution in [2.75, 3.05) is 6.54 Å². The van der Waals surface area contributed by atoms with Crippen molar-refractivity contribution < 1.29 is 19.5 Å². The summed E-state index contributed by atoms with van der Waals surface area (Å²) >= 11 is 0. The van der Waals surface area contributed by atoms with Crippen molar-refractivity contribution in [1.82, 2.24) is 5.06 Å². The average molecular weight is 307 g/mol. The highest BCUT2D eigenvalue weighted by molar-refractivity contribution is 6.19. The lowest BCUT2D eigenvalue weighted by molar-refractivity contribution is -0.206. The number of hydrogen-bond donors (Lipinski definition) is 1. The van der Waals surface area contributed by atoms with Crippen molar-refractivity contribution in [2.24, 2.45) is 5.92 Å². The number of rotatable bonds is 2. The Kier molecular flexibility index (Phi) is 4.81. The Morgan fingerprint density at radius 2 is 1.55 bits per heavy atom. The fourth-order valence-electron chi connectivity index (χ4n) is 3.92. The molecule has 0 aromatic rings. The van der Waals surface area contributed by atoms with Gasteiger partial charge in [-0.2, -0.15) is 0 Å². The van der Waals surface area contributed by atoms with Gasteiger partial charge in [0.2, 0.25) is 0 Å². The van der Waals surface area contributed by atoms with Gasteiger partial charge >= 0.3 is 5.97 Å². The smallest absolute Gasteiger partial charge is 0.364 e. The second kappa shape index (κ2) is 6.82. The highest BCUT2D eigenvalue weighted by atomic mass is 16.7. The van der Waals surface area contributed by atoms with Gasteiger partial charge < -0.3 is 9.94 Å². The molecule has 1 aliphatic heterocycles. The molecule has 0 radical (unpaired) electrons. The Morgan fingerprint density at radius 3 is 2.14 bits per heavy atom. The summed E-state index contributed by atoms with van der Waals surface area (Å²) in [7, 11) is 0. The van der Waals surface area contributed by atoms with Gasteiger partial charge in [-0.25, -0.2) is 4.79 Å². The maximum atomic E-state index is 12.4. The van der Waals surface area contributed by atoms with E-state index in [1.807, 2.05) is 0 Å². The molecule has 3 aliphatic rings. The summed E-state index contributed by atoms with van der Waals surface area (Å²) in [4.78, 5) is 30.0. The third kappa shape index (κ3) is 3.19. The van der Waals surface area contributed by atoms with E-state index in [0.29, 0.717) is 0 Å². The van der Waals surface area contributed by atoms with Gasteiger partial charge in [-0.05, 0) is 25.7 Å². The van der Waals surface area contributed by atoms with Gasteiger partial charge in [0.1, 0.15) is 11.3 Å². The van der Waals surface area contributed by atoms with Gasteiger partial charge in [0, 0.05) is 12.0 Å². The van der Waals surface area contributed by atoms with E-state index in [2.05, 4.69) is 0 Å². The molecule has 1 heterocycles. The second-order valence-electron chi connectivity index (χ2n) is 6.76. The van der Waals surface area contributed by atoms with E-state index in [1.54, 1.807) is 5.06 Å². The number of carbonyl (C=O) groups excluding carboxylic acids is 2. The van der Waals surface area contributed by atoms with E-state index >= 15 is 0 Å². The molecular weight excluding hydrogens is 282 g/mol. The van der Waals surface area contributed by atoms with Crippen LogP contribution in [0.5, 0.6) is 0 Å². The normalized spacial score (nSPS) is 28.5. The van der Waals surface area contributed by atoms with Crippen molar-refractivity contribution in [3.63, 3.8) is 0 Å². The number of nitrogens with zero attached hydrogens (tertiary/aromatic N) is 1. The third-order valence-corrected chi connectivity index (χ3v) is 5.21. The molecular formula is C17H25NO4. The molecule has 122 valence electrons. The van der Waals surface area contributed by atoms with E-state index in [-0.39, 0.29) is 35.6 Å². The minimum atomic E-state index is -0.662. The van der Waals surface area contributed by atoms with Crippen molar-refractivity contribution >= 4 is 11.8 Å². The summed E-state index contributed by atoms with van der Waals surface area (Å²) in [6, 6.07) is 0.153. The zero-order chi connectivity index (χ0) is 15.5. The molecule has 3 rings (SSSR count). The first kappa shape index (κ1) is 15.5. The number of hydroxylamine groups is 2. The molecule has 22 heavy (non-hydrogen) atoms. The summed E-state index contributed by atoms with van der Waals surface area (Å²) in [5.41, 5.74) is -0.0982. The molecule has 0 bridgehead atoms. The largest absolute Gasteiger partial charge is 0.511 e. The monoisotopic (exact) mass is 307 g/mol. The zero-order valence-corrected chi connectivity index (χ0v) is 13.1. The first-order valence-electron chi connectivity index (χ1n) is 8.62. The van der Waals surface area contributed by atoms with Gasteiger partial charge in [0.25, 0.3) is 0 Å². The third-order valence-electron chi connectivity index (χ3n) is 5.21. The Bertz CT molecular complexity index is 453. The summed E-state index contributed by atoms with van der Waals surface area (Å²) < 4.78 is 0. The lowest BCUT2D eigenvalue weighted by Crippen LogP contribution is -2.47. The molecule has 0 aromatic heterocycles. The van der Waals surface area contributed by atoms with Gasteiger partial charge in [-0.15, -0.1) is 5.06 Å². The van der Waals surface area contributed by atoms with Crippen LogP contribution in [0.25, 0.3) is 0 Å². The van der Waals surface area contributed by atoms with Crippen LogP contribution in [-0.2, 0) is 14.4 Å². The molecule has 1 saturated heterocycles. The quantitative estimate of drug-likeness (QED) is 0.482. The molecule has 0 spiro atoms. The summed E-state index contributed by atoms with van der Waals surface area (Å²) in [5, 5.41) is 11.9. The minimum Gasteiger partial charge on any atom is -0.511 e. The SMILES string of the molecule is O=C1CN(C2CCCCC2)OC(=O)/C1=C(\O)C1CCCCC1. The van der Waals surface area contributed by atoms with Crippen LogP contribution in [0.4, 0.5) is 0 Å². The standard InChI is InChI=1S/C17H25NO4/c19-14-11-18(13-9-5-2-6-10-13)22-17(21)15(14)16(20)12-7-3-1-4-8-12/h12-13,20H,1-11H2/b16-15-. The lowest BCUT2D eigenvalue weighted by Gasteiger charge is -2.35. The fourth-order valence-corrected chi connectivity index (χ4v) is 3.92. The van der Waals surface area contributed by atoms with Crippen LogP contribution in [0.3, 0.4) is 0 Å². The topological polar surface area (TPSA) is 66.8 Å². The molecule has 0 atom stereocenters. The number of allylic oxidation sites excluding steroid dienone is 1. The average Bonchev–Trinajstić information content (AvgIpc) is 2.55. The maximum absolute atomic E-state index is 12.4. The van der Waals surface area contributed by atoms with E-state index in [9.17, 15) is 14.7 Å². The van der Waals surface area contributed by atoms with E-state index in [1.165, 1.54) is 6.42 Å². The Labute approximate surface area is 131 Å². The minimum absolute atomic E-state index is 0.0296. The van der Waals surface area contributed by atoms with E-state index in [4.69, 9.17) is 4.84 Å². The molecule has 5 nitrogen and oxygen atoms in total. The fraction of sp³-hybridized carbons (Fsp3) is 0.765. The maximum Gasteiger partial charge on any atom is 0.364 e. The summed E-state index contributed by atoms with van der Waals surface area (Å²) in [6.45, 7) is 0.0858. The molecule has 0 unspecified atom stereocenters. The highest BCUT2D eigenvalue weighted by Crippen LogP contribution is 2.32. The van der Waals surface area contributed by atoms with Gasteiger partial charge in [0.15, 0.2) is 5.78 Å². The predicted octanol–water partition coefficient (Wildman–Crippen LogP) is 3.05. The number of Topliss-reactive ketones (excluding diaryl/α,β-unsaturated/α-hetero) is 1. The number of hydrogen-bond acceptors (Lipinski definition) is 5. The summed E-state index contributed by atoms with van der Waals surface area (Å²) in [6.07, 6.45) is 10.3. The van der Waals surface area contributed by atoms with E-state index in [0.717, 1.165) is 57.8 Å². The van der Waals surface area contributed by atoms with Crippen molar-refractivity contribution in [3.8, 4) is 0 Å². The molecule has 3 fully saturated rings. The van der Waals surface area contributed by atoms with Gasteiger partial charge in [0.05, 0.1) is 6.54 Å². The number of aliphatic hydroxyl groups is 1. The molecule has 0 aromatic carbocycles. The Morgan fingerprint density at radius 1 is 0.955 bits per heavy atom. The van der Waals surface area contributed by atoms with Crippen LogP contribution in [0, 0.1) is 5.92 Å². The lowest BCUT2D eigenvalue weighted by atomic mass is 9.85. The van der Waals surface area contributed by atoms with E-state index < -0.39 is 5.97 Å². The predicted molar refractivity (Wildman–Crippen MR) is 80.9 cm³/mol. The Hall–Kier alpha value is -1.36. The van der Waals surface area contributed by atoms with Gasteiger partial charge in [-0.1, -0.05) is 38.5 Å². The van der Waals surface area contributed by atoms with Crippen molar-refractivity contribution in [1.29, 1.82) is 0 Å². The molecule has 5 heteroatoms. The van der Waals surface area contributed by atoms with Crippen LogP contribution in [0.2, 0.25) is 0 Å². The molecule has 2 aliphatic carbocycles. The Balaban J connectivity index is 1.72. The number of carbonyl (C=O) groups is 2. The summed E-state index contributed by atoms with van der Waals surface area (Å²) in [5.74, 6) is -1.03. The van der Waals surface area contributed by atoms with Crippen LogP contribution >= 0.6 is 0 Å². The number of aliphatic hydroxyl groups excluding tert-OH is 1.